The van der Waals surface area contributed by atoms with Gasteiger partial charge in [0.25, 0.3) is 0 Å². The van der Waals surface area contributed by atoms with Crippen LogP contribution in [0.5, 0.6) is 0 Å². The van der Waals surface area contributed by atoms with Gasteiger partial charge < -0.3 is 18.9 Å². The maximum Gasteiger partial charge on any atom is 0.189 e. The quantitative estimate of drug-likeness (QED) is 0.385. The molecule has 0 aliphatic heterocycles. The molecular formula is C12H24O5S2. The number of ether oxygens (including phenoxy) is 4. The maximum atomic E-state index is 11.1. The zero-order valence-corrected chi connectivity index (χ0v) is 13.2. The van der Waals surface area contributed by atoms with E-state index in [1.807, 2.05) is 0 Å². The molecule has 0 atom stereocenters. The van der Waals surface area contributed by atoms with Crippen LogP contribution in [0.15, 0.2) is 0 Å². The van der Waals surface area contributed by atoms with Gasteiger partial charge in [-0.3, -0.25) is 4.79 Å². The first-order chi connectivity index (χ1) is 9.31. The third-order valence-corrected chi connectivity index (χ3v) is 3.10. The molecule has 114 valence electrons. The van der Waals surface area contributed by atoms with Crippen LogP contribution in [-0.4, -0.2) is 70.0 Å². The van der Waals surface area contributed by atoms with Crippen molar-refractivity contribution < 1.29 is 23.7 Å². The van der Waals surface area contributed by atoms with E-state index in [-0.39, 0.29) is 5.12 Å². The van der Waals surface area contributed by atoms with Gasteiger partial charge in [0.1, 0.15) is 0 Å². The Hall–Kier alpha value is 0.210. The first-order valence-corrected chi connectivity index (χ1v) is 7.91. The molecule has 0 heterocycles. The fraction of sp³-hybridized carbons (Fsp3) is 0.917. The number of thiol groups is 1. The van der Waals surface area contributed by atoms with Crippen molar-refractivity contribution in [1.29, 1.82) is 0 Å². The summed E-state index contributed by atoms with van der Waals surface area (Å²) in [6, 6.07) is 0. The van der Waals surface area contributed by atoms with Gasteiger partial charge in [0, 0.05) is 19.3 Å². The van der Waals surface area contributed by atoms with Crippen LogP contribution in [-0.2, 0) is 23.7 Å². The molecule has 0 aliphatic rings. The second-order valence-electron chi connectivity index (χ2n) is 3.52. The molecule has 0 radical (unpaired) electrons. The van der Waals surface area contributed by atoms with Crippen LogP contribution in [0.3, 0.4) is 0 Å². The Bertz CT molecular complexity index is 205. The van der Waals surface area contributed by atoms with E-state index >= 15 is 0 Å². The van der Waals surface area contributed by atoms with Crippen molar-refractivity contribution in [3.05, 3.63) is 0 Å². The van der Waals surface area contributed by atoms with Gasteiger partial charge in [-0.15, -0.1) is 0 Å². The zero-order chi connectivity index (χ0) is 14.2. The fourth-order valence-electron chi connectivity index (χ4n) is 1.06. The van der Waals surface area contributed by atoms with Crippen LogP contribution in [0, 0.1) is 0 Å². The predicted molar refractivity (Wildman–Crippen MR) is 80.3 cm³/mol. The normalized spacial score (nSPS) is 10.8. The molecule has 0 saturated carbocycles. The highest BCUT2D eigenvalue weighted by molar-refractivity contribution is 8.13. The summed E-state index contributed by atoms with van der Waals surface area (Å²) in [5.74, 6) is 1.29. The second kappa shape index (κ2) is 16.3. The number of carbonyl (C=O) groups is 1. The Morgan fingerprint density at radius 3 is 2.00 bits per heavy atom. The highest BCUT2D eigenvalue weighted by Gasteiger charge is 2.00. The van der Waals surface area contributed by atoms with E-state index in [1.54, 1.807) is 7.11 Å². The summed E-state index contributed by atoms with van der Waals surface area (Å²) in [6.45, 7) is 3.97. The van der Waals surface area contributed by atoms with Crippen molar-refractivity contribution in [3.8, 4) is 0 Å². The van der Waals surface area contributed by atoms with Crippen LogP contribution in [0.4, 0.5) is 0 Å². The molecule has 7 heteroatoms. The van der Waals surface area contributed by atoms with Gasteiger partial charge >= 0.3 is 0 Å². The summed E-state index contributed by atoms with van der Waals surface area (Å²) in [6.07, 6.45) is 0.514. The van der Waals surface area contributed by atoms with Crippen LogP contribution in [0.2, 0.25) is 0 Å². The molecule has 0 N–H and O–H groups in total. The van der Waals surface area contributed by atoms with Gasteiger partial charge in [0.2, 0.25) is 0 Å². The van der Waals surface area contributed by atoms with E-state index < -0.39 is 0 Å². The SMILES string of the molecule is COCCOCCOCCOCCSC(=O)CCS. The molecule has 0 aliphatic carbocycles. The topological polar surface area (TPSA) is 54.0 Å². The minimum Gasteiger partial charge on any atom is -0.382 e. The molecule has 0 rings (SSSR count). The first kappa shape index (κ1) is 19.2. The Balaban J connectivity index is 3.01. The monoisotopic (exact) mass is 312 g/mol. The molecule has 0 saturated heterocycles. The first-order valence-electron chi connectivity index (χ1n) is 6.30. The average Bonchev–Trinajstić information content (AvgIpc) is 2.40. The van der Waals surface area contributed by atoms with E-state index in [9.17, 15) is 4.79 Å². The van der Waals surface area contributed by atoms with Crippen molar-refractivity contribution in [1.82, 2.24) is 0 Å². The number of hydrogen-bond donors (Lipinski definition) is 1. The van der Waals surface area contributed by atoms with E-state index in [2.05, 4.69) is 12.6 Å². The van der Waals surface area contributed by atoms with E-state index in [4.69, 9.17) is 18.9 Å². The Labute approximate surface area is 125 Å². The fourth-order valence-corrected chi connectivity index (χ4v) is 2.09. The molecular weight excluding hydrogens is 288 g/mol. The standard InChI is InChI=1S/C12H24O5S2/c1-14-3-4-15-5-6-16-7-8-17-9-11-19-12(13)2-10-18/h18H,2-11H2,1H3. The number of carbonyl (C=O) groups excluding carboxylic acids is 1. The Kier molecular flexibility index (Phi) is 16.4. The smallest absolute Gasteiger partial charge is 0.189 e. The molecule has 0 unspecified atom stereocenters. The maximum absolute atomic E-state index is 11.1. The summed E-state index contributed by atoms with van der Waals surface area (Å²) in [4.78, 5) is 11.1. The van der Waals surface area contributed by atoms with Gasteiger partial charge in [0.15, 0.2) is 5.12 Å². The van der Waals surface area contributed by atoms with Crippen LogP contribution >= 0.6 is 24.4 Å². The van der Waals surface area contributed by atoms with E-state index in [1.165, 1.54) is 11.8 Å². The van der Waals surface area contributed by atoms with Crippen molar-refractivity contribution >= 4 is 29.5 Å². The second-order valence-corrected chi connectivity index (χ2v) is 5.12. The zero-order valence-electron chi connectivity index (χ0n) is 11.5. The van der Waals surface area contributed by atoms with Crippen molar-refractivity contribution in [3.63, 3.8) is 0 Å². The average molecular weight is 312 g/mol. The van der Waals surface area contributed by atoms with Gasteiger partial charge in [0.05, 0.1) is 46.2 Å². The van der Waals surface area contributed by atoms with Gasteiger partial charge in [-0.2, -0.15) is 12.6 Å². The van der Waals surface area contributed by atoms with Crippen molar-refractivity contribution in [2.24, 2.45) is 0 Å². The summed E-state index contributed by atoms with van der Waals surface area (Å²) in [7, 11) is 1.64. The molecule has 0 aromatic rings. The van der Waals surface area contributed by atoms with E-state index in [0.717, 1.165) is 0 Å². The third-order valence-electron chi connectivity index (χ3n) is 1.98. The van der Waals surface area contributed by atoms with Gasteiger partial charge in [-0.1, -0.05) is 11.8 Å². The number of rotatable bonds is 14. The predicted octanol–water partition coefficient (Wildman–Crippen LogP) is 1.26. The number of hydrogen-bond acceptors (Lipinski definition) is 7. The van der Waals surface area contributed by atoms with Gasteiger partial charge in [-0.25, -0.2) is 0 Å². The Morgan fingerprint density at radius 1 is 0.947 bits per heavy atom. The van der Waals surface area contributed by atoms with Crippen LogP contribution in [0.25, 0.3) is 0 Å². The van der Waals surface area contributed by atoms with Crippen LogP contribution < -0.4 is 0 Å². The molecule has 0 aromatic carbocycles. The van der Waals surface area contributed by atoms with Crippen molar-refractivity contribution in [2.75, 3.05) is 64.9 Å². The highest BCUT2D eigenvalue weighted by Crippen LogP contribution is 2.05. The third kappa shape index (κ3) is 16.2. The summed E-state index contributed by atoms with van der Waals surface area (Å²) >= 11 is 5.29. The van der Waals surface area contributed by atoms with E-state index in [0.29, 0.717) is 64.2 Å². The van der Waals surface area contributed by atoms with Crippen molar-refractivity contribution in [2.45, 2.75) is 6.42 Å². The lowest BCUT2D eigenvalue weighted by molar-refractivity contribution is -0.110. The Morgan fingerprint density at radius 2 is 1.47 bits per heavy atom. The lowest BCUT2D eigenvalue weighted by Crippen LogP contribution is -2.12. The molecule has 0 aromatic heterocycles. The highest BCUT2D eigenvalue weighted by atomic mass is 32.2. The molecule has 5 nitrogen and oxygen atoms in total. The molecule has 0 spiro atoms. The van der Waals surface area contributed by atoms with Gasteiger partial charge in [-0.05, 0) is 5.75 Å². The number of thioether (sulfide) groups is 1. The molecule has 0 bridgehead atoms. The lowest BCUT2D eigenvalue weighted by atomic mass is 10.5. The van der Waals surface area contributed by atoms with Crippen LogP contribution in [0.1, 0.15) is 6.42 Å². The lowest BCUT2D eigenvalue weighted by Gasteiger charge is -2.06. The summed E-state index contributed by atoms with van der Waals surface area (Å²) < 4.78 is 20.7. The summed E-state index contributed by atoms with van der Waals surface area (Å²) in [5, 5.41) is 0.169. The summed E-state index contributed by atoms with van der Waals surface area (Å²) in [5.41, 5.74) is 0. The minimum atomic E-state index is 0.169. The molecule has 19 heavy (non-hydrogen) atoms. The molecule has 0 amide bonds. The minimum absolute atomic E-state index is 0.169. The molecule has 0 fully saturated rings. The largest absolute Gasteiger partial charge is 0.382 e. The number of methoxy groups -OCH3 is 1.